The number of hydrogen-bond acceptors (Lipinski definition) is 4. The molecule has 0 aliphatic heterocycles. The number of aryl methyl sites for hydroxylation is 1. The number of anilines is 1. The molecule has 120 valence electrons. The van der Waals surface area contributed by atoms with Crippen LogP contribution in [0.3, 0.4) is 0 Å². The molecule has 6 heteroatoms. The van der Waals surface area contributed by atoms with Crippen LogP contribution < -0.4 is 10.6 Å². The van der Waals surface area contributed by atoms with E-state index in [1.807, 2.05) is 39.0 Å². The maximum absolute atomic E-state index is 12.0. The lowest BCUT2D eigenvalue weighted by Gasteiger charge is -2.26. The molecule has 2 aromatic rings. The number of aromatic nitrogens is 1. The number of carbonyl (C=O) groups is 1. The molecule has 1 aromatic heterocycles. The van der Waals surface area contributed by atoms with Crippen molar-refractivity contribution < 1.29 is 9.90 Å². The van der Waals surface area contributed by atoms with E-state index in [2.05, 4.69) is 15.6 Å². The fourth-order valence-electron chi connectivity index (χ4n) is 2.48. The standard InChI is InChI=1S/C16H23N3O2S/c1-10(20)8-16(3,4)9-17-15(21)19-12-5-6-13-14(7-12)22-11(2)18-13/h5-7,10,20H,8-9H2,1-4H3,(H2,17,19,21). The van der Waals surface area contributed by atoms with Gasteiger partial charge in [-0.15, -0.1) is 11.3 Å². The summed E-state index contributed by atoms with van der Waals surface area (Å²) in [5.74, 6) is 0. The zero-order chi connectivity index (χ0) is 16.3. The van der Waals surface area contributed by atoms with Crippen molar-refractivity contribution in [2.75, 3.05) is 11.9 Å². The third-order valence-corrected chi connectivity index (χ3v) is 4.26. The van der Waals surface area contributed by atoms with E-state index < -0.39 is 0 Å². The van der Waals surface area contributed by atoms with Crippen LogP contribution in [0, 0.1) is 12.3 Å². The summed E-state index contributed by atoms with van der Waals surface area (Å²) in [4.78, 5) is 16.4. The number of amides is 2. The number of fused-ring (bicyclic) bond motifs is 1. The summed E-state index contributed by atoms with van der Waals surface area (Å²) < 4.78 is 1.06. The van der Waals surface area contributed by atoms with Crippen LogP contribution in [0.25, 0.3) is 10.2 Å². The largest absolute Gasteiger partial charge is 0.393 e. The molecule has 0 saturated heterocycles. The number of rotatable bonds is 5. The Morgan fingerprint density at radius 3 is 2.86 bits per heavy atom. The Bertz CT molecular complexity index is 664. The number of aliphatic hydroxyl groups is 1. The summed E-state index contributed by atoms with van der Waals surface area (Å²) in [5, 5.41) is 16.2. The lowest BCUT2D eigenvalue weighted by atomic mass is 9.87. The van der Waals surface area contributed by atoms with Gasteiger partial charge in [-0.3, -0.25) is 0 Å². The lowest BCUT2D eigenvalue weighted by Crippen LogP contribution is -2.38. The number of urea groups is 1. The van der Waals surface area contributed by atoms with Crippen molar-refractivity contribution in [2.45, 2.75) is 40.2 Å². The van der Waals surface area contributed by atoms with Gasteiger partial charge in [0.05, 0.1) is 21.3 Å². The zero-order valence-electron chi connectivity index (χ0n) is 13.4. The summed E-state index contributed by atoms with van der Waals surface area (Å²) in [6, 6.07) is 5.45. The van der Waals surface area contributed by atoms with E-state index in [0.717, 1.165) is 20.9 Å². The minimum atomic E-state index is -0.378. The Morgan fingerprint density at radius 1 is 1.45 bits per heavy atom. The van der Waals surface area contributed by atoms with Gasteiger partial charge in [0, 0.05) is 12.2 Å². The number of nitrogens with one attached hydrogen (secondary N) is 2. The van der Waals surface area contributed by atoms with E-state index in [1.54, 1.807) is 18.3 Å². The molecule has 22 heavy (non-hydrogen) atoms. The molecule has 2 amide bonds. The second-order valence-corrected chi connectivity index (χ2v) is 7.68. The molecular formula is C16H23N3O2S. The molecule has 0 spiro atoms. The highest BCUT2D eigenvalue weighted by molar-refractivity contribution is 7.18. The first-order chi connectivity index (χ1) is 10.2. The predicted molar refractivity (Wildman–Crippen MR) is 91.5 cm³/mol. The summed E-state index contributed by atoms with van der Waals surface area (Å²) in [7, 11) is 0. The molecule has 0 radical (unpaired) electrons. The quantitative estimate of drug-likeness (QED) is 0.789. The molecule has 1 unspecified atom stereocenters. The number of nitrogens with zero attached hydrogens (tertiary/aromatic N) is 1. The van der Waals surface area contributed by atoms with Gasteiger partial charge in [-0.25, -0.2) is 9.78 Å². The smallest absolute Gasteiger partial charge is 0.319 e. The highest BCUT2D eigenvalue weighted by Gasteiger charge is 2.21. The number of carbonyl (C=O) groups excluding carboxylic acids is 1. The van der Waals surface area contributed by atoms with Gasteiger partial charge in [-0.05, 0) is 43.9 Å². The van der Waals surface area contributed by atoms with Gasteiger partial charge in [0.1, 0.15) is 0 Å². The van der Waals surface area contributed by atoms with Crippen LogP contribution in [-0.2, 0) is 0 Å². The normalized spacial score (nSPS) is 13.1. The molecule has 2 rings (SSSR count). The Kier molecular flexibility index (Phi) is 5.03. The Labute approximate surface area is 134 Å². The molecule has 3 N–H and O–H groups in total. The molecule has 0 saturated carbocycles. The van der Waals surface area contributed by atoms with E-state index >= 15 is 0 Å². The number of hydrogen-bond donors (Lipinski definition) is 3. The van der Waals surface area contributed by atoms with Gasteiger partial charge in [0.2, 0.25) is 0 Å². The van der Waals surface area contributed by atoms with Crippen LogP contribution in [0.15, 0.2) is 18.2 Å². The fraction of sp³-hybridized carbons (Fsp3) is 0.500. The molecule has 0 bridgehead atoms. The highest BCUT2D eigenvalue weighted by atomic mass is 32.1. The molecule has 0 aliphatic carbocycles. The number of benzene rings is 1. The molecule has 5 nitrogen and oxygen atoms in total. The second kappa shape index (κ2) is 6.62. The van der Waals surface area contributed by atoms with Gasteiger partial charge >= 0.3 is 6.03 Å². The Hall–Kier alpha value is -1.66. The van der Waals surface area contributed by atoms with Gasteiger partial charge in [-0.1, -0.05) is 13.8 Å². The third-order valence-electron chi connectivity index (χ3n) is 3.33. The van der Waals surface area contributed by atoms with E-state index in [9.17, 15) is 9.90 Å². The first-order valence-electron chi connectivity index (χ1n) is 7.35. The first kappa shape index (κ1) is 16.7. The Morgan fingerprint density at radius 2 is 2.18 bits per heavy atom. The van der Waals surface area contributed by atoms with Gasteiger partial charge in [0.25, 0.3) is 0 Å². The van der Waals surface area contributed by atoms with Gasteiger partial charge in [0.15, 0.2) is 0 Å². The van der Waals surface area contributed by atoms with Crippen LogP contribution in [0.4, 0.5) is 10.5 Å². The first-order valence-corrected chi connectivity index (χ1v) is 8.17. The topological polar surface area (TPSA) is 74.2 Å². The summed E-state index contributed by atoms with van der Waals surface area (Å²) in [6.07, 6.45) is 0.260. The van der Waals surface area contributed by atoms with Crippen molar-refractivity contribution in [3.63, 3.8) is 0 Å². The van der Waals surface area contributed by atoms with Crippen molar-refractivity contribution in [1.29, 1.82) is 0 Å². The van der Waals surface area contributed by atoms with Crippen LogP contribution in [0.2, 0.25) is 0 Å². The van der Waals surface area contributed by atoms with Crippen molar-refractivity contribution in [1.82, 2.24) is 10.3 Å². The third kappa shape index (κ3) is 4.68. The van der Waals surface area contributed by atoms with E-state index in [1.165, 1.54) is 0 Å². The highest BCUT2D eigenvalue weighted by Crippen LogP contribution is 2.25. The summed E-state index contributed by atoms with van der Waals surface area (Å²) in [5.41, 5.74) is 1.55. The molecule has 1 heterocycles. The molecule has 0 aliphatic rings. The summed E-state index contributed by atoms with van der Waals surface area (Å²) in [6.45, 7) is 8.27. The zero-order valence-corrected chi connectivity index (χ0v) is 14.3. The van der Waals surface area contributed by atoms with Gasteiger partial charge in [-0.2, -0.15) is 0 Å². The van der Waals surface area contributed by atoms with Crippen LogP contribution >= 0.6 is 11.3 Å². The van der Waals surface area contributed by atoms with Gasteiger partial charge < -0.3 is 15.7 Å². The molecule has 0 fully saturated rings. The Balaban J connectivity index is 1.93. The molecule has 1 aromatic carbocycles. The molecular weight excluding hydrogens is 298 g/mol. The van der Waals surface area contributed by atoms with Crippen LogP contribution in [-0.4, -0.2) is 28.8 Å². The lowest BCUT2D eigenvalue weighted by molar-refractivity contribution is 0.129. The van der Waals surface area contributed by atoms with Crippen molar-refractivity contribution in [3.05, 3.63) is 23.2 Å². The number of aliphatic hydroxyl groups excluding tert-OH is 1. The predicted octanol–water partition coefficient (Wildman–Crippen LogP) is 3.52. The fourth-order valence-corrected chi connectivity index (χ4v) is 3.35. The SMILES string of the molecule is Cc1nc2ccc(NC(=O)NCC(C)(C)CC(C)O)cc2s1. The average molecular weight is 321 g/mol. The second-order valence-electron chi connectivity index (χ2n) is 6.44. The minimum Gasteiger partial charge on any atom is -0.393 e. The van der Waals surface area contributed by atoms with E-state index in [-0.39, 0.29) is 17.6 Å². The van der Waals surface area contributed by atoms with Crippen molar-refractivity contribution in [3.8, 4) is 0 Å². The van der Waals surface area contributed by atoms with Crippen molar-refractivity contribution in [2.24, 2.45) is 5.41 Å². The monoisotopic (exact) mass is 321 g/mol. The maximum Gasteiger partial charge on any atom is 0.319 e. The van der Waals surface area contributed by atoms with E-state index in [0.29, 0.717) is 13.0 Å². The minimum absolute atomic E-state index is 0.149. The van der Waals surface area contributed by atoms with Crippen molar-refractivity contribution >= 4 is 33.3 Å². The van der Waals surface area contributed by atoms with Crippen LogP contribution in [0.5, 0.6) is 0 Å². The summed E-state index contributed by atoms with van der Waals surface area (Å²) >= 11 is 1.61. The molecule has 1 atom stereocenters. The number of thiazole rings is 1. The van der Waals surface area contributed by atoms with E-state index in [4.69, 9.17) is 0 Å². The average Bonchev–Trinajstić information content (AvgIpc) is 2.74. The maximum atomic E-state index is 12.0. The van der Waals surface area contributed by atoms with Crippen LogP contribution in [0.1, 0.15) is 32.2 Å².